The maximum atomic E-state index is 11.7. The molecule has 1 N–H and O–H groups in total. The highest BCUT2D eigenvalue weighted by molar-refractivity contribution is 7.45. The Morgan fingerprint density at radius 1 is 0.794 bits per heavy atom. The smallest absolute Gasteiger partial charge is 0.407 e. The van der Waals surface area contributed by atoms with Gasteiger partial charge in [0.05, 0.1) is 13.2 Å². The molecular weight excluding hydrogens is 455 g/mol. The van der Waals surface area contributed by atoms with Crippen LogP contribution in [0.15, 0.2) is 30.6 Å². The summed E-state index contributed by atoms with van der Waals surface area (Å²) >= 11 is 0. The average molecular weight is 501 g/mol. The minimum atomic E-state index is -4.36. The fourth-order valence-corrected chi connectivity index (χ4v) is 4.22. The molecule has 0 spiro atoms. The summed E-state index contributed by atoms with van der Waals surface area (Å²) in [6, 6.07) is 5.57. The Labute approximate surface area is 206 Å². The number of nitrogens with one attached hydrogen (secondary N) is 1. The van der Waals surface area contributed by atoms with Crippen molar-refractivity contribution in [2.45, 2.75) is 96.9 Å². The number of hydrogen-bond acceptors (Lipinski definition) is 6. The highest BCUT2D eigenvalue weighted by Gasteiger charge is 2.11. The van der Waals surface area contributed by atoms with E-state index in [9.17, 15) is 14.3 Å². The lowest BCUT2D eigenvalue weighted by Gasteiger charge is -2.21. The molecule has 1 aromatic heterocycles. The Hall–Kier alpha value is -1.47. The number of unbranched alkanes of at least 4 members (excludes halogenated alkanes) is 11. The van der Waals surface area contributed by atoms with Crippen molar-refractivity contribution in [3.05, 3.63) is 30.6 Å². The Bertz CT molecular complexity index is 662. The van der Waals surface area contributed by atoms with E-state index >= 15 is 0 Å². The van der Waals surface area contributed by atoms with E-state index in [1.807, 2.05) is 35.2 Å². The van der Waals surface area contributed by atoms with Crippen molar-refractivity contribution in [3.8, 4) is 0 Å². The topological polar surface area (TPSA) is 101 Å². The van der Waals surface area contributed by atoms with Crippen molar-refractivity contribution >= 4 is 13.9 Å². The van der Waals surface area contributed by atoms with Crippen molar-refractivity contribution in [3.63, 3.8) is 0 Å². The third kappa shape index (κ3) is 18.9. The van der Waals surface area contributed by atoms with E-state index in [1.54, 1.807) is 0 Å². The molecule has 0 fully saturated rings. The van der Waals surface area contributed by atoms with Gasteiger partial charge in [0.2, 0.25) is 0 Å². The largest absolute Gasteiger partial charge is 0.756 e. The van der Waals surface area contributed by atoms with E-state index in [-0.39, 0.29) is 26.2 Å². The molecule has 1 unspecified atom stereocenters. The summed E-state index contributed by atoms with van der Waals surface area (Å²) in [4.78, 5) is 23.4. The summed E-state index contributed by atoms with van der Waals surface area (Å²) in [6.45, 7) is 3.23. The van der Waals surface area contributed by atoms with Crippen LogP contribution in [0, 0.1) is 0 Å². The Morgan fingerprint density at radius 2 is 1.35 bits per heavy atom. The summed E-state index contributed by atoms with van der Waals surface area (Å²) in [7, 11) is -4.36. The van der Waals surface area contributed by atoms with Gasteiger partial charge in [-0.25, -0.2) is 9.36 Å². The van der Waals surface area contributed by atoms with Crippen LogP contribution in [0.1, 0.15) is 90.4 Å². The van der Waals surface area contributed by atoms with Crippen LogP contribution in [0.5, 0.6) is 0 Å². The number of carbonyl (C=O) groups is 1. The minimum absolute atomic E-state index is 0.00646. The average Bonchev–Trinajstić information content (AvgIpc) is 2.82. The maximum absolute atomic E-state index is 11.7. The standard InChI is InChI=1S/C25H45N2O6P/c1-2-3-4-5-6-7-8-9-10-11-12-14-18-26-25(28)31-22-17-23-32-34(29,30)33-24-21-27-19-15-13-16-20-27/h13,15-16,19-20H,2-12,14,17-18,21-24H2,1H3,(H-,26,28,29,30). The monoisotopic (exact) mass is 500 g/mol. The zero-order valence-electron chi connectivity index (χ0n) is 21.0. The Balaban J connectivity index is 1.86. The molecule has 34 heavy (non-hydrogen) atoms. The molecule has 0 aliphatic heterocycles. The molecule has 0 saturated heterocycles. The Kier molecular flexibility index (Phi) is 18.8. The first-order chi connectivity index (χ1) is 16.5. The van der Waals surface area contributed by atoms with Gasteiger partial charge < -0.3 is 24.0 Å². The summed E-state index contributed by atoms with van der Waals surface area (Å²) < 4.78 is 28.2. The van der Waals surface area contributed by atoms with Crippen LogP contribution in [0.4, 0.5) is 4.79 Å². The van der Waals surface area contributed by atoms with E-state index in [4.69, 9.17) is 13.8 Å². The summed E-state index contributed by atoms with van der Waals surface area (Å²) in [5.74, 6) is 0. The normalized spacial score (nSPS) is 12.9. The molecule has 1 atom stereocenters. The van der Waals surface area contributed by atoms with Crippen LogP contribution < -0.4 is 14.8 Å². The minimum Gasteiger partial charge on any atom is -0.756 e. The Morgan fingerprint density at radius 3 is 1.97 bits per heavy atom. The van der Waals surface area contributed by atoms with Gasteiger partial charge >= 0.3 is 6.09 Å². The molecule has 0 saturated carbocycles. The molecule has 0 aliphatic rings. The van der Waals surface area contributed by atoms with Gasteiger partial charge in [-0.1, -0.05) is 83.6 Å². The molecule has 1 heterocycles. The fraction of sp³-hybridized carbons (Fsp3) is 0.760. The van der Waals surface area contributed by atoms with Gasteiger partial charge in [0.15, 0.2) is 18.9 Å². The molecule has 0 radical (unpaired) electrons. The predicted octanol–water partition coefficient (Wildman–Crippen LogP) is 5.29. The highest BCUT2D eigenvalue weighted by Crippen LogP contribution is 2.37. The van der Waals surface area contributed by atoms with Crippen LogP contribution in [-0.2, 0) is 24.9 Å². The molecule has 0 bridgehead atoms. The third-order valence-electron chi connectivity index (χ3n) is 5.45. The van der Waals surface area contributed by atoms with Crippen LogP contribution in [0.25, 0.3) is 0 Å². The van der Waals surface area contributed by atoms with Gasteiger partial charge in [-0.15, -0.1) is 0 Å². The zero-order valence-corrected chi connectivity index (χ0v) is 21.9. The highest BCUT2D eigenvalue weighted by atomic mass is 31.2. The molecular formula is C25H45N2O6P. The van der Waals surface area contributed by atoms with Gasteiger partial charge in [-0.3, -0.25) is 4.57 Å². The van der Waals surface area contributed by atoms with Crippen LogP contribution >= 0.6 is 7.82 Å². The maximum Gasteiger partial charge on any atom is 0.407 e. The van der Waals surface area contributed by atoms with E-state index in [2.05, 4.69) is 12.2 Å². The summed E-state index contributed by atoms with van der Waals surface area (Å²) in [5.41, 5.74) is 0. The number of rotatable bonds is 22. The SMILES string of the molecule is CCCCCCCCCCCCCCNC(=O)OCCCOP(=O)([O-])OCC[n+]1ccccc1. The first kappa shape index (κ1) is 30.6. The number of hydrogen-bond donors (Lipinski definition) is 1. The number of carbonyl (C=O) groups excluding carboxylic acids is 1. The number of amides is 1. The van der Waals surface area contributed by atoms with Gasteiger partial charge in [0.1, 0.15) is 6.61 Å². The predicted molar refractivity (Wildman–Crippen MR) is 131 cm³/mol. The second kappa shape index (κ2) is 20.9. The van der Waals surface area contributed by atoms with Crippen LogP contribution in [-0.4, -0.2) is 32.5 Å². The van der Waals surface area contributed by atoms with Crippen molar-refractivity contribution in [1.82, 2.24) is 5.32 Å². The first-order valence-electron chi connectivity index (χ1n) is 13.0. The van der Waals surface area contributed by atoms with Crippen molar-refractivity contribution in [1.29, 1.82) is 0 Å². The number of nitrogens with zero attached hydrogens (tertiary/aromatic N) is 1. The van der Waals surface area contributed by atoms with Crippen LogP contribution in [0.3, 0.4) is 0 Å². The van der Waals surface area contributed by atoms with Gasteiger partial charge in [-0.2, -0.15) is 0 Å². The molecule has 0 aromatic carbocycles. The van der Waals surface area contributed by atoms with Gasteiger partial charge in [0, 0.05) is 25.1 Å². The second-order valence-corrected chi connectivity index (χ2v) is 9.94. The molecule has 1 rings (SSSR count). The van der Waals surface area contributed by atoms with E-state index < -0.39 is 13.9 Å². The van der Waals surface area contributed by atoms with Crippen molar-refractivity contribution in [2.24, 2.45) is 0 Å². The molecule has 8 nitrogen and oxygen atoms in total. The quantitative estimate of drug-likeness (QED) is 0.132. The lowest BCUT2D eigenvalue weighted by atomic mass is 10.1. The number of aromatic nitrogens is 1. The van der Waals surface area contributed by atoms with E-state index in [0.29, 0.717) is 13.1 Å². The van der Waals surface area contributed by atoms with Crippen LogP contribution in [0.2, 0.25) is 0 Å². The summed E-state index contributed by atoms with van der Waals surface area (Å²) in [5, 5.41) is 2.72. The molecule has 1 amide bonds. The fourth-order valence-electron chi connectivity index (χ4n) is 3.49. The number of alkyl carbamates (subject to hydrolysis) is 1. The number of phosphoric acid groups is 1. The molecule has 9 heteroatoms. The molecule has 0 aliphatic carbocycles. The number of pyridine rings is 1. The first-order valence-corrected chi connectivity index (χ1v) is 14.4. The summed E-state index contributed by atoms with van der Waals surface area (Å²) in [6.07, 6.45) is 18.7. The van der Waals surface area contributed by atoms with E-state index in [0.717, 1.165) is 12.8 Å². The molecule has 196 valence electrons. The lowest BCUT2D eigenvalue weighted by molar-refractivity contribution is -0.697. The van der Waals surface area contributed by atoms with Crippen molar-refractivity contribution < 1.29 is 32.6 Å². The zero-order chi connectivity index (χ0) is 24.7. The van der Waals surface area contributed by atoms with Gasteiger partial charge in [0.25, 0.3) is 7.82 Å². The third-order valence-corrected chi connectivity index (χ3v) is 6.44. The van der Waals surface area contributed by atoms with Gasteiger partial charge in [-0.05, 0) is 6.42 Å². The van der Waals surface area contributed by atoms with E-state index in [1.165, 1.54) is 64.2 Å². The number of phosphoric ester groups is 1. The lowest BCUT2D eigenvalue weighted by Crippen LogP contribution is -2.34. The van der Waals surface area contributed by atoms with Crippen molar-refractivity contribution in [2.75, 3.05) is 26.4 Å². The molecule has 1 aromatic rings. The second-order valence-electron chi connectivity index (χ2n) is 8.53. The number of ether oxygens (including phenoxy) is 1.